The maximum absolute atomic E-state index is 12.5. The number of halogens is 1. The fourth-order valence-electron chi connectivity index (χ4n) is 2.83. The van der Waals surface area contributed by atoms with Gasteiger partial charge in [0.05, 0.1) is 22.6 Å². The number of rotatable bonds is 3. The summed E-state index contributed by atoms with van der Waals surface area (Å²) in [5, 5.41) is 8.58. The first-order valence-electron chi connectivity index (χ1n) is 7.98. The number of fused-ring (bicyclic) bond motifs is 1. The number of pyridine rings is 1. The van der Waals surface area contributed by atoms with Crippen LogP contribution < -0.4 is 5.32 Å². The number of anilines is 1. The summed E-state index contributed by atoms with van der Waals surface area (Å²) in [7, 11) is 1.83. The molecule has 1 N–H and O–H groups in total. The molecule has 0 unspecified atom stereocenters. The van der Waals surface area contributed by atoms with Crippen molar-refractivity contribution in [3.63, 3.8) is 0 Å². The lowest BCUT2D eigenvalue weighted by Gasteiger charge is -2.04. The van der Waals surface area contributed by atoms with Crippen molar-refractivity contribution in [2.75, 3.05) is 5.32 Å². The van der Waals surface area contributed by atoms with E-state index in [-0.39, 0.29) is 11.7 Å². The molecule has 0 fully saturated rings. The third kappa shape index (κ3) is 2.84. The van der Waals surface area contributed by atoms with Crippen LogP contribution in [-0.4, -0.2) is 20.7 Å². The number of nitrogens with zero attached hydrogens (tertiary/aromatic N) is 3. The molecule has 0 radical (unpaired) electrons. The number of amides is 1. The summed E-state index contributed by atoms with van der Waals surface area (Å²) in [6, 6.07) is 12.5. The largest absolute Gasteiger partial charge is 0.451 e. The minimum atomic E-state index is -0.356. The molecule has 0 aliphatic rings. The standard InChI is InChI=1S/C19H15ClN4O2/c1-11-14-9-12(10-21-18(14)24(2)23-11)22-19(25)17-8-7-16(26-17)13-5-3-4-6-15(13)20/h3-10H,1-2H3,(H,22,25). The Morgan fingerprint density at radius 3 is 2.85 bits per heavy atom. The van der Waals surface area contributed by atoms with Gasteiger partial charge < -0.3 is 9.73 Å². The predicted octanol–water partition coefficient (Wildman–Crippen LogP) is 4.44. The lowest BCUT2D eigenvalue weighted by Crippen LogP contribution is -2.11. The number of nitrogens with one attached hydrogen (secondary N) is 1. The topological polar surface area (TPSA) is 73.0 Å². The van der Waals surface area contributed by atoms with Gasteiger partial charge in [0.1, 0.15) is 5.76 Å². The van der Waals surface area contributed by atoms with E-state index in [0.29, 0.717) is 16.5 Å². The molecule has 0 saturated carbocycles. The van der Waals surface area contributed by atoms with Gasteiger partial charge in [0.2, 0.25) is 0 Å². The van der Waals surface area contributed by atoms with Crippen LogP contribution in [0.15, 0.2) is 53.1 Å². The van der Waals surface area contributed by atoms with Crippen LogP contribution in [0.5, 0.6) is 0 Å². The zero-order chi connectivity index (χ0) is 18.3. The summed E-state index contributed by atoms with van der Waals surface area (Å²) in [5.41, 5.74) is 2.93. The van der Waals surface area contributed by atoms with Gasteiger partial charge in [0, 0.05) is 18.0 Å². The van der Waals surface area contributed by atoms with E-state index in [1.807, 2.05) is 38.2 Å². The van der Waals surface area contributed by atoms with Gasteiger partial charge in [-0.2, -0.15) is 5.10 Å². The van der Waals surface area contributed by atoms with E-state index in [9.17, 15) is 4.79 Å². The van der Waals surface area contributed by atoms with Crippen LogP contribution >= 0.6 is 11.6 Å². The molecule has 4 aromatic rings. The van der Waals surface area contributed by atoms with Gasteiger partial charge in [0.15, 0.2) is 11.4 Å². The molecule has 6 nitrogen and oxygen atoms in total. The molecule has 3 aromatic heterocycles. The third-order valence-corrected chi connectivity index (χ3v) is 4.42. The van der Waals surface area contributed by atoms with Gasteiger partial charge in [0.25, 0.3) is 5.91 Å². The van der Waals surface area contributed by atoms with Crippen LogP contribution in [0, 0.1) is 6.92 Å². The Hall–Kier alpha value is -3.12. The monoisotopic (exact) mass is 366 g/mol. The van der Waals surface area contributed by atoms with Gasteiger partial charge in [-0.25, -0.2) is 4.98 Å². The first-order valence-corrected chi connectivity index (χ1v) is 8.36. The van der Waals surface area contributed by atoms with E-state index in [1.54, 1.807) is 29.1 Å². The summed E-state index contributed by atoms with van der Waals surface area (Å²) in [6.07, 6.45) is 1.60. The van der Waals surface area contributed by atoms with Gasteiger partial charge in [-0.05, 0) is 37.3 Å². The van der Waals surface area contributed by atoms with E-state index in [1.165, 1.54) is 0 Å². The molecule has 1 amide bonds. The third-order valence-electron chi connectivity index (χ3n) is 4.09. The SMILES string of the molecule is Cc1nn(C)c2ncc(NC(=O)c3ccc(-c4ccccc4Cl)o3)cc12. The zero-order valence-corrected chi connectivity index (χ0v) is 14.9. The smallest absolute Gasteiger partial charge is 0.291 e. The zero-order valence-electron chi connectivity index (χ0n) is 14.2. The van der Waals surface area contributed by atoms with Gasteiger partial charge >= 0.3 is 0 Å². The summed E-state index contributed by atoms with van der Waals surface area (Å²) in [5.74, 6) is 0.381. The van der Waals surface area contributed by atoms with Crippen LogP contribution in [0.1, 0.15) is 16.2 Å². The molecule has 130 valence electrons. The Kier molecular flexibility index (Phi) is 3.97. The van der Waals surface area contributed by atoms with Gasteiger partial charge in [-0.3, -0.25) is 9.48 Å². The highest BCUT2D eigenvalue weighted by Crippen LogP contribution is 2.29. The second kappa shape index (κ2) is 6.31. The van der Waals surface area contributed by atoms with Gasteiger partial charge in [-0.1, -0.05) is 23.7 Å². The number of hydrogen-bond donors (Lipinski definition) is 1. The number of carbonyl (C=O) groups excluding carboxylic acids is 1. The minimum Gasteiger partial charge on any atom is -0.451 e. The number of hydrogen-bond acceptors (Lipinski definition) is 4. The summed E-state index contributed by atoms with van der Waals surface area (Å²) in [4.78, 5) is 16.8. The summed E-state index contributed by atoms with van der Waals surface area (Å²) in [6.45, 7) is 1.90. The van der Waals surface area contributed by atoms with E-state index in [4.69, 9.17) is 16.0 Å². The molecule has 0 aliphatic heterocycles. The van der Waals surface area contributed by atoms with Crippen molar-refractivity contribution < 1.29 is 9.21 Å². The van der Waals surface area contributed by atoms with Crippen LogP contribution in [0.25, 0.3) is 22.4 Å². The highest BCUT2D eigenvalue weighted by molar-refractivity contribution is 6.33. The van der Waals surface area contributed by atoms with Crippen molar-refractivity contribution >= 4 is 34.2 Å². The van der Waals surface area contributed by atoms with Crippen molar-refractivity contribution in [2.24, 2.45) is 7.05 Å². The Morgan fingerprint density at radius 2 is 2.04 bits per heavy atom. The maximum atomic E-state index is 12.5. The number of carbonyl (C=O) groups is 1. The average Bonchev–Trinajstić information content (AvgIpc) is 3.21. The Bertz CT molecular complexity index is 1130. The molecule has 0 aliphatic carbocycles. The molecule has 0 spiro atoms. The molecule has 0 saturated heterocycles. The fourth-order valence-corrected chi connectivity index (χ4v) is 3.06. The number of furan rings is 1. The van der Waals surface area contributed by atoms with Crippen LogP contribution in [0.3, 0.4) is 0 Å². The average molecular weight is 367 g/mol. The van der Waals surface area contributed by atoms with Crippen LogP contribution in [0.2, 0.25) is 5.02 Å². The first-order chi connectivity index (χ1) is 12.5. The second-order valence-corrected chi connectivity index (χ2v) is 6.31. The van der Waals surface area contributed by atoms with E-state index in [2.05, 4.69) is 15.4 Å². The maximum Gasteiger partial charge on any atom is 0.291 e. The predicted molar refractivity (Wildman–Crippen MR) is 100 cm³/mol. The minimum absolute atomic E-state index is 0.197. The van der Waals surface area contributed by atoms with Gasteiger partial charge in [-0.15, -0.1) is 0 Å². The Balaban J connectivity index is 1.59. The van der Waals surface area contributed by atoms with Crippen molar-refractivity contribution in [3.05, 3.63) is 65.1 Å². The molecule has 7 heteroatoms. The molecular weight excluding hydrogens is 352 g/mol. The molecule has 3 heterocycles. The lowest BCUT2D eigenvalue weighted by atomic mass is 10.2. The van der Waals surface area contributed by atoms with E-state index < -0.39 is 0 Å². The van der Waals surface area contributed by atoms with Crippen LogP contribution in [0.4, 0.5) is 5.69 Å². The highest BCUT2D eigenvalue weighted by Gasteiger charge is 2.15. The molecule has 0 bridgehead atoms. The molecule has 26 heavy (non-hydrogen) atoms. The van der Waals surface area contributed by atoms with Crippen molar-refractivity contribution in [3.8, 4) is 11.3 Å². The van der Waals surface area contributed by atoms with E-state index in [0.717, 1.165) is 22.3 Å². The fraction of sp³-hybridized carbons (Fsp3) is 0.105. The molecule has 4 rings (SSSR count). The van der Waals surface area contributed by atoms with Crippen molar-refractivity contribution in [2.45, 2.75) is 6.92 Å². The molecule has 0 atom stereocenters. The summed E-state index contributed by atoms with van der Waals surface area (Å²) < 4.78 is 7.37. The van der Waals surface area contributed by atoms with E-state index >= 15 is 0 Å². The van der Waals surface area contributed by atoms with Crippen LogP contribution in [-0.2, 0) is 7.05 Å². The quantitative estimate of drug-likeness (QED) is 0.581. The number of aryl methyl sites for hydroxylation is 2. The Morgan fingerprint density at radius 1 is 1.23 bits per heavy atom. The first kappa shape index (κ1) is 16.4. The van der Waals surface area contributed by atoms with Crippen molar-refractivity contribution in [1.29, 1.82) is 0 Å². The molecule has 1 aromatic carbocycles. The summed E-state index contributed by atoms with van der Waals surface area (Å²) >= 11 is 6.17. The lowest BCUT2D eigenvalue weighted by molar-refractivity contribution is 0.0997. The van der Waals surface area contributed by atoms with Crippen molar-refractivity contribution in [1.82, 2.24) is 14.8 Å². The number of aromatic nitrogens is 3. The Labute approximate surface area is 154 Å². The highest BCUT2D eigenvalue weighted by atomic mass is 35.5. The second-order valence-electron chi connectivity index (χ2n) is 5.90. The normalized spacial score (nSPS) is 11.0. The molecular formula is C19H15ClN4O2. The number of benzene rings is 1.